The number of rotatable bonds is 6. The summed E-state index contributed by atoms with van der Waals surface area (Å²) >= 11 is 0. The van der Waals surface area contributed by atoms with Crippen LogP contribution in [0, 0.1) is 11.3 Å². The highest BCUT2D eigenvalue weighted by Crippen LogP contribution is 2.44. The maximum absolute atomic E-state index is 6.00. The summed E-state index contributed by atoms with van der Waals surface area (Å²) in [6, 6.07) is 8.57. The first-order valence-electron chi connectivity index (χ1n) is 7.45. The largest absolute Gasteiger partial charge is 0.497 e. The average Bonchev–Trinajstić information content (AvgIpc) is 2.42. The molecule has 0 aliphatic heterocycles. The molecule has 2 rings (SSSR count). The van der Waals surface area contributed by atoms with Crippen molar-refractivity contribution < 1.29 is 9.47 Å². The number of anilines is 1. The van der Waals surface area contributed by atoms with Crippen LogP contribution in [0.4, 0.5) is 5.69 Å². The van der Waals surface area contributed by atoms with E-state index in [4.69, 9.17) is 9.47 Å². The molecule has 0 heterocycles. The van der Waals surface area contributed by atoms with Gasteiger partial charge in [0.1, 0.15) is 5.75 Å². The standard InChI is InChI=1S/C17H27NO2/c1-12(2)11-20-16-10-15(17(16,3)4)18-13-6-8-14(19-5)9-7-13/h6-9,12,15-16,18H,10-11H2,1-5H3. The molecule has 2 unspecified atom stereocenters. The van der Waals surface area contributed by atoms with Crippen LogP contribution in [0.15, 0.2) is 24.3 Å². The van der Waals surface area contributed by atoms with Gasteiger partial charge in [-0.2, -0.15) is 0 Å². The number of hydrogen-bond donors (Lipinski definition) is 1. The van der Waals surface area contributed by atoms with Crippen LogP contribution < -0.4 is 10.1 Å². The highest BCUT2D eigenvalue weighted by molar-refractivity contribution is 5.48. The Kier molecular flexibility index (Phi) is 4.59. The van der Waals surface area contributed by atoms with Crippen LogP contribution in [0.25, 0.3) is 0 Å². The van der Waals surface area contributed by atoms with Gasteiger partial charge in [0.05, 0.1) is 13.2 Å². The van der Waals surface area contributed by atoms with Gasteiger partial charge in [-0.15, -0.1) is 0 Å². The molecule has 20 heavy (non-hydrogen) atoms. The lowest BCUT2D eigenvalue weighted by Crippen LogP contribution is -2.58. The van der Waals surface area contributed by atoms with Gasteiger partial charge in [0.25, 0.3) is 0 Å². The molecule has 3 nitrogen and oxygen atoms in total. The topological polar surface area (TPSA) is 30.5 Å². The first-order valence-corrected chi connectivity index (χ1v) is 7.45. The highest BCUT2D eigenvalue weighted by Gasteiger charge is 2.49. The Balaban J connectivity index is 1.88. The summed E-state index contributed by atoms with van der Waals surface area (Å²) in [4.78, 5) is 0. The highest BCUT2D eigenvalue weighted by atomic mass is 16.5. The molecule has 1 aromatic carbocycles. The number of benzene rings is 1. The molecule has 2 atom stereocenters. The fourth-order valence-corrected chi connectivity index (χ4v) is 2.61. The molecule has 1 fully saturated rings. The summed E-state index contributed by atoms with van der Waals surface area (Å²) in [5.74, 6) is 1.49. The zero-order chi connectivity index (χ0) is 14.8. The molecule has 1 aliphatic rings. The van der Waals surface area contributed by atoms with Crippen molar-refractivity contribution >= 4 is 5.69 Å². The molecule has 0 radical (unpaired) electrons. The van der Waals surface area contributed by atoms with Crippen LogP contribution >= 0.6 is 0 Å². The van der Waals surface area contributed by atoms with Gasteiger partial charge < -0.3 is 14.8 Å². The fraction of sp³-hybridized carbons (Fsp3) is 0.647. The van der Waals surface area contributed by atoms with E-state index in [1.165, 1.54) is 0 Å². The van der Waals surface area contributed by atoms with Crippen LogP contribution in [-0.4, -0.2) is 25.9 Å². The third-order valence-corrected chi connectivity index (χ3v) is 4.24. The minimum Gasteiger partial charge on any atom is -0.497 e. The average molecular weight is 277 g/mol. The van der Waals surface area contributed by atoms with Crippen molar-refractivity contribution in [1.29, 1.82) is 0 Å². The van der Waals surface area contributed by atoms with E-state index in [1.807, 2.05) is 12.1 Å². The van der Waals surface area contributed by atoms with Gasteiger partial charge in [-0.25, -0.2) is 0 Å². The second-order valence-corrected chi connectivity index (χ2v) is 6.70. The Morgan fingerprint density at radius 2 is 1.90 bits per heavy atom. The molecule has 1 saturated carbocycles. The predicted molar refractivity (Wildman–Crippen MR) is 83.4 cm³/mol. The van der Waals surface area contributed by atoms with Gasteiger partial charge in [-0.3, -0.25) is 0 Å². The van der Waals surface area contributed by atoms with Gasteiger partial charge in [0.2, 0.25) is 0 Å². The van der Waals surface area contributed by atoms with Gasteiger partial charge in [0, 0.05) is 23.8 Å². The van der Waals surface area contributed by atoms with Crippen LogP contribution in [-0.2, 0) is 4.74 Å². The molecular formula is C17H27NO2. The van der Waals surface area contributed by atoms with Crippen molar-refractivity contribution in [2.24, 2.45) is 11.3 Å². The molecule has 112 valence electrons. The van der Waals surface area contributed by atoms with E-state index in [9.17, 15) is 0 Å². The van der Waals surface area contributed by atoms with E-state index in [1.54, 1.807) is 7.11 Å². The van der Waals surface area contributed by atoms with Crippen molar-refractivity contribution in [1.82, 2.24) is 0 Å². The van der Waals surface area contributed by atoms with E-state index in [2.05, 4.69) is 45.1 Å². The summed E-state index contributed by atoms with van der Waals surface area (Å²) in [5.41, 5.74) is 1.32. The van der Waals surface area contributed by atoms with Crippen LogP contribution in [0.5, 0.6) is 5.75 Å². The molecule has 0 saturated heterocycles. The normalized spacial score (nSPS) is 24.3. The first-order chi connectivity index (χ1) is 9.43. The molecule has 0 aromatic heterocycles. The number of hydrogen-bond acceptors (Lipinski definition) is 3. The summed E-state index contributed by atoms with van der Waals surface area (Å²) < 4.78 is 11.2. The summed E-state index contributed by atoms with van der Waals surface area (Å²) in [5, 5.41) is 3.60. The molecule has 1 aromatic rings. The number of ether oxygens (including phenoxy) is 2. The van der Waals surface area contributed by atoms with E-state index < -0.39 is 0 Å². The van der Waals surface area contributed by atoms with E-state index in [0.717, 1.165) is 24.5 Å². The second kappa shape index (κ2) is 6.04. The Bertz CT molecular complexity index is 425. The first kappa shape index (κ1) is 15.2. The maximum Gasteiger partial charge on any atom is 0.119 e. The van der Waals surface area contributed by atoms with Gasteiger partial charge in [0.15, 0.2) is 0 Å². The van der Waals surface area contributed by atoms with E-state index in [0.29, 0.717) is 18.1 Å². The molecule has 0 bridgehead atoms. The minimum absolute atomic E-state index is 0.175. The maximum atomic E-state index is 6.00. The molecule has 3 heteroatoms. The van der Waals surface area contributed by atoms with Crippen molar-refractivity contribution in [3.63, 3.8) is 0 Å². The SMILES string of the molecule is COc1ccc(NC2CC(OCC(C)C)C2(C)C)cc1. The van der Waals surface area contributed by atoms with E-state index >= 15 is 0 Å². The molecule has 0 spiro atoms. The van der Waals surface area contributed by atoms with Gasteiger partial charge >= 0.3 is 0 Å². The fourth-order valence-electron chi connectivity index (χ4n) is 2.61. The van der Waals surface area contributed by atoms with Crippen LogP contribution in [0.2, 0.25) is 0 Å². The van der Waals surface area contributed by atoms with Crippen molar-refractivity contribution in [3.8, 4) is 5.75 Å². The minimum atomic E-state index is 0.175. The predicted octanol–water partition coefficient (Wildman–Crippen LogP) is 3.95. The van der Waals surface area contributed by atoms with Crippen molar-refractivity contribution in [2.45, 2.75) is 46.3 Å². The van der Waals surface area contributed by atoms with E-state index in [-0.39, 0.29) is 5.41 Å². The van der Waals surface area contributed by atoms with Crippen LogP contribution in [0.3, 0.4) is 0 Å². The van der Waals surface area contributed by atoms with Crippen molar-refractivity contribution in [2.75, 3.05) is 19.0 Å². The lowest BCUT2D eigenvalue weighted by Gasteiger charge is -2.52. The zero-order valence-corrected chi connectivity index (χ0v) is 13.3. The summed E-state index contributed by atoms with van der Waals surface area (Å²) in [6.45, 7) is 9.80. The quantitative estimate of drug-likeness (QED) is 0.854. The molecule has 0 amide bonds. The Morgan fingerprint density at radius 3 is 2.40 bits per heavy atom. The second-order valence-electron chi connectivity index (χ2n) is 6.70. The third-order valence-electron chi connectivity index (χ3n) is 4.24. The Hall–Kier alpha value is -1.22. The number of nitrogens with one attached hydrogen (secondary N) is 1. The lowest BCUT2D eigenvalue weighted by atomic mass is 9.64. The van der Waals surface area contributed by atoms with Gasteiger partial charge in [-0.1, -0.05) is 27.7 Å². The third kappa shape index (κ3) is 3.26. The molecule has 1 aliphatic carbocycles. The summed E-state index contributed by atoms with van der Waals surface area (Å²) in [7, 11) is 1.69. The Labute approximate surface area is 122 Å². The molecule has 1 N–H and O–H groups in total. The van der Waals surface area contributed by atoms with Crippen LogP contribution in [0.1, 0.15) is 34.1 Å². The number of methoxy groups -OCH3 is 1. The van der Waals surface area contributed by atoms with Gasteiger partial charge in [-0.05, 0) is 36.6 Å². The Morgan fingerprint density at radius 1 is 1.25 bits per heavy atom. The monoisotopic (exact) mass is 277 g/mol. The zero-order valence-electron chi connectivity index (χ0n) is 13.3. The smallest absolute Gasteiger partial charge is 0.119 e. The van der Waals surface area contributed by atoms with Crippen molar-refractivity contribution in [3.05, 3.63) is 24.3 Å². The lowest BCUT2D eigenvalue weighted by molar-refractivity contribution is -0.108. The summed E-state index contributed by atoms with van der Waals surface area (Å²) in [6.07, 6.45) is 1.44. The molecular weight excluding hydrogens is 250 g/mol.